The van der Waals surface area contributed by atoms with Crippen molar-refractivity contribution in [3.63, 3.8) is 0 Å². The smallest absolute Gasteiger partial charge is 0.0764 e. The van der Waals surface area contributed by atoms with Gasteiger partial charge in [0.1, 0.15) is 0 Å². The Morgan fingerprint density at radius 3 is 2.80 bits per heavy atom. The Morgan fingerprint density at radius 1 is 1.30 bits per heavy atom. The van der Waals surface area contributed by atoms with Gasteiger partial charge in [0.2, 0.25) is 0 Å². The monoisotopic (exact) mass is 279 g/mol. The minimum absolute atomic E-state index is 0.662. The number of hydrogen-bond acceptors (Lipinski definition) is 4. The van der Waals surface area contributed by atoms with Gasteiger partial charge in [0.05, 0.1) is 5.69 Å². The highest BCUT2D eigenvalue weighted by Crippen LogP contribution is 2.13. The van der Waals surface area contributed by atoms with Crippen LogP contribution in [0, 0.1) is 0 Å². The molecule has 20 heavy (non-hydrogen) atoms. The van der Waals surface area contributed by atoms with E-state index in [0.717, 1.165) is 32.6 Å². The summed E-state index contributed by atoms with van der Waals surface area (Å²) in [5.41, 5.74) is 6.91. The lowest BCUT2D eigenvalue weighted by Gasteiger charge is -2.29. The fourth-order valence-corrected chi connectivity index (χ4v) is 3.13. The van der Waals surface area contributed by atoms with E-state index in [1.807, 2.05) is 17.9 Å². The third-order valence-electron chi connectivity index (χ3n) is 4.27. The van der Waals surface area contributed by atoms with Crippen LogP contribution < -0.4 is 5.73 Å². The lowest BCUT2D eigenvalue weighted by molar-refractivity contribution is 0.184. The molecule has 0 aromatic carbocycles. The number of nitrogens with zero attached hydrogens (tertiary/aromatic N) is 4. The second kappa shape index (κ2) is 7.76. The molecule has 1 atom stereocenters. The zero-order valence-corrected chi connectivity index (χ0v) is 13.0. The highest BCUT2D eigenvalue weighted by atomic mass is 15.3. The average molecular weight is 279 g/mol. The van der Waals surface area contributed by atoms with E-state index in [4.69, 9.17) is 5.73 Å². The van der Waals surface area contributed by atoms with Crippen LogP contribution in [0.15, 0.2) is 12.3 Å². The van der Waals surface area contributed by atoms with Gasteiger partial charge in [-0.3, -0.25) is 14.5 Å². The van der Waals surface area contributed by atoms with Gasteiger partial charge in [-0.05, 0) is 45.0 Å². The van der Waals surface area contributed by atoms with Gasteiger partial charge < -0.3 is 5.73 Å². The summed E-state index contributed by atoms with van der Waals surface area (Å²) in [6.07, 6.45) is 5.59. The molecule has 1 fully saturated rings. The molecule has 0 bridgehead atoms. The molecule has 2 rings (SSSR count). The lowest BCUT2D eigenvalue weighted by Crippen LogP contribution is -2.39. The van der Waals surface area contributed by atoms with E-state index in [9.17, 15) is 0 Å². The number of rotatable bonds is 6. The Bertz CT molecular complexity index is 389. The van der Waals surface area contributed by atoms with E-state index in [0.29, 0.717) is 6.04 Å². The summed E-state index contributed by atoms with van der Waals surface area (Å²) in [5, 5.41) is 4.48. The Hall–Kier alpha value is -0.910. The minimum atomic E-state index is 0.662. The van der Waals surface area contributed by atoms with Crippen molar-refractivity contribution >= 4 is 0 Å². The molecule has 1 saturated heterocycles. The molecule has 5 nitrogen and oxygen atoms in total. The van der Waals surface area contributed by atoms with Crippen LogP contribution >= 0.6 is 0 Å². The van der Waals surface area contributed by atoms with Crippen molar-refractivity contribution in [1.29, 1.82) is 0 Å². The molecular weight excluding hydrogens is 250 g/mol. The van der Waals surface area contributed by atoms with Crippen LogP contribution in [0.25, 0.3) is 0 Å². The Labute approximate surface area is 122 Å². The number of hydrogen-bond donors (Lipinski definition) is 1. The summed E-state index contributed by atoms with van der Waals surface area (Å²) in [4.78, 5) is 5.16. The molecule has 5 heteroatoms. The predicted octanol–water partition coefficient (Wildman–Crippen LogP) is 1.06. The normalized spacial score (nSPS) is 19.9. The molecule has 1 aliphatic rings. The fourth-order valence-electron chi connectivity index (χ4n) is 3.13. The fraction of sp³-hybridized carbons (Fsp3) is 0.800. The maximum atomic E-state index is 5.73. The zero-order chi connectivity index (χ0) is 14.4. The zero-order valence-electron chi connectivity index (χ0n) is 13.0. The molecule has 1 aliphatic heterocycles. The molecule has 0 saturated carbocycles. The summed E-state index contributed by atoms with van der Waals surface area (Å²) in [7, 11) is 1.98. The van der Waals surface area contributed by atoms with Crippen molar-refractivity contribution in [3.05, 3.63) is 18.0 Å². The minimum Gasteiger partial charge on any atom is -0.330 e. The number of aryl methyl sites for hydroxylation is 1. The van der Waals surface area contributed by atoms with Crippen molar-refractivity contribution in [2.75, 3.05) is 32.7 Å². The highest BCUT2D eigenvalue weighted by Gasteiger charge is 2.20. The first-order chi connectivity index (χ1) is 9.72. The summed E-state index contributed by atoms with van der Waals surface area (Å²) in [6.45, 7) is 8.72. The first kappa shape index (κ1) is 15.5. The molecule has 1 aromatic rings. The van der Waals surface area contributed by atoms with Gasteiger partial charge in [0.15, 0.2) is 0 Å². The van der Waals surface area contributed by atoms with Crippen LogP contribution in [-0.4, -0.2) is 58.3 Å². The highest BCUT2D eigenvalue weighted by molar-refractivity contribution is 4.98. The van der Waals surface area contributed by atoms with Gasteiger partial charge in [-0.25, -0.2) is 0 Å². The molecular formula is C15H29N5. The maximum absolute atomic E-state index is 5.73. The predicted molar refractivity (Wildman–Crippen MR) is 82.4 cm³/mol. The molecule has 1 aromatic heterocycles. The Kier molecular flexibility index (Phi) is 6.01. The SMILES string of the molecule is CCC(CCN)N1CCCN(Cc2ccn(C)n2)CC1. The van der Waals surface area contributed by atoms with Gasteiger partial charge >= 0.3 is 0 Å². The lowest BCUT2D eigenvalue weighted by atomic mass is 10.1. The molecule has 0 amide bonds. The molecule has 0 spiro atoms. The largest absolute Gasteiger partial charge is 0.330 e. The first-order valence-corrected chi connectivity index (χ1v) is 7.88. The molecule has 0 aliphatic carbocycles. The van der Waals surface area contributed by atoms with Crippen molar-refractivity contribution in [2.45, 2.75) is 38.8 Å². The quantitative estimate of drug-likeness (QED) is 0.846. The van der Waals surface area contributed by atoms with Gasteiger partial charge in [0.25, 0.3) is 0 Å². The third-order valence-corrected chi connectivity index (χ3v) is 4.27. The van der Waals surface area contributed by atoms with Gasteiger partial charge in [0, 0.05) is 38.9 Å². The van der Waals surface area contributed by atoms with E-state index < -0.39 is 0 Å². The second-order valence-electron chi connectivity index (χ2n) is 5.79. The number of aromatic nitrogens is 2. The van der Waals surface area contributed by atoms with E-state index in [2.05, 4.69) is 27.9 Å². The van der Waals surface area contributed by atoms with Gasteiger partial charge in [-0.2, -0.15) is 5.10 Å². The van der Waals surface area contributed by atoms with Crippen molar-refractivity contribution < 1.29 is 0 Å². The van der Waals surface area contributed by atoms with Crippen molar-refractivity contribution in [2.24, 2.45) is 12.8 Å². The third kappa shape index (κ3) is 4.30. The molecule has 0 radical (unpaired) electrons. The van der Waals surface area contributed by atoms with Crippen LogP contribution in [0.1, 0.15) is 31.9 Å². The summed E-state index contributed by atoms with van der Waals surface area (Å²) >= 11 is 0. The maximum Gasteiger partial charge on any atom is 0.0764 e. The van der Waals surface area contributed by atoms with Crippen molar-refractivity contribution in [1.82, 2.24) is 19.6 Å². The topological polar surface area (TPSA) is 50.3 Å². The molecule has 2 heterocycles. The van der Waals surface area contributed by atoms with Gasteiger partial charge in [-0.1, -0.05) is 6.92 Å². The van der Waals surface area contributed by atoms with E-state index in [1.165, 1.54) is 31.6 Å². The first-order valence-electron chi connectivity index (χ1n) is 7.88. The average Bonchev–Trinajstić information content (AvgIpc) is 2.71. The van der Waals surface area contributed by atoms with E-state index in [-0.39, 0.29) is 0 Å². The molecule has 1 unspecified atom stereocenters. The van der Waals surface area contributed by atoms with Crippen LogP contribution in [0.3, 0.4) is 0 Å². The summed E-state index contributed by atoms with van der Waals surface area (Å²) in [5.74, 6) is 0. The van der Waals surface area contributed by atoms with Crippen LogP contribution in [0.4, 0.5) is 0 Å². The van der Waals surface area contributed by atoms with E-state index >= 15 is 0 Å². The Balaban J connectivity index is 1.85. The summed E-state index contributed by atoms with van der Waals surface area (Å²) < 4.78 is 1.88. The van der Waals surface area contributed by atoms with E-state index in [1.54, 1.807) is 0 Å². The standard InChI is InChI=1S/C15H29N5/c1-3-15(5-7-16)20-9-4-8-19(11-12-20)13-14-6-10-18(2)17-14/h6,10,15H,3-5,7-9,11-13,16H2,1-2H3. The summed E-state index contributed by atoms with van der Waals surface area (Å²) in [6, 6.07) is 2.78. The molecule has 114 valence electrons. The van der Waals surface area contributed by atoms with Crippen molar-refractivity contribution in [3.8, 4) is 0 Å². The second-order valence-corrected chi connectivity index (χ2v) is 5.79. The van der Waals surface area contributed by atoms with Crippen LogP contribution in [0.5, 0.6) is 0 Å². The Morgan fingerprint density at radius 2 is 2.15 bits per heavy atom. The van der Waals surface area contributed by atoms with Crippen LogP contribution in [-0.2, 0) is 13.6 Å². The van der Waals surface area contributed by atoms with Crippen LogP contribution in [0.2, 0.25) is 0 Å². The number of nitrogens with two attached hydrogens (primary N) is 1. The van der Waals surface area contributed by atoms with Gasteiger partial charge in [-0.15, -0.1) is 0 Å². The molecule has 2 N–H and O–H groups in total.